The fourth-order valence-corrected chi connectivity index (χ4v) is 3.16. The van der Waals surface area contributed by atoms with Crippen molar-refractivity contribution >= 4 is 28.3 Å². The number of halogens is 1. The van der Waals surface area contributed by atoms with Gasteiger partial charge in [0.1, 0.15) is 5.54 Å². The monoisotopic (exact) mass is 397 g/mol. The molecule has 0 heterocycles. The van der Waals surface area contributed by atoms with Gasteiger partial charge in [-0.1, -0.05) is 60.7 Å². The first-order valence-corrected chi connectivity index (χ1v) is 9.60. The fraction of sp³-hybridized carbons (Fsp3) is 0.278. The summed E-state index contributed by atoms with van der Waals surface area (Å²) in [6, 6.07) is 18.2. The first kappa shape index (κ1) is 22.1. The second-order valence-electron chi connectivity index (χ2n) is 5.95. The van der Waals surface area contributed by atoms with E-state index in [4.69, 9.17) is 5.73 Å². The number of carbonyl (C=O) groups excluding carboxylic acids is 1. The minimum Gasteiger partial charge on any atom is -0.353 e. The molecule has 142 valence electrons. The molecule has 26 heavy (non-hydrogen) atoms. The minimum absolute atomic E-state index is 0. The van der Waals surface area contributed by atoms with Gasteiger partial charge in [-0.15, -0.1) is 12.4 Å². The van der Waals surface area contributed by atoms with Crippen molar-refractivity contribution in [1.29, 1.82) is 0 Å². The molecule has 8 heteroatoms. The van der Waals surface area contributed by atoms with Crippen molar-refractivity contribution in [2.75, 3.05) is 12.3 Å². The van der Waals surface area contributed by atoms with Gasteiger partial charge in [0.05, 0.1) is 5.75 Å². The van der Waals surface area contributed by atoms with Gasteiger partial charge in [0.15, 0.2) is 0 Å². The van der Waals surface area contributed by atoms with E-state index < -0.39 is 21.5 Å². The van der Waals surface area contributed by atoms with Crippen LogP contribution < -0.4 is 15.8 Å². The summed E-state index contributed by atoms with van der Waals surface area (Å²) in [6.45, 7) is 1.80. The third-order valence-corrected chi connectivity index (χ3v) is 5.17. The Balaban J connectivity index is 0.00000338. The number of nitrogens with one attached hydrogen (secondary N) is 2. The largest absolute Gasteiger partial charge is 0.353 e. The summed E-state index contributed by atoms with van der Waals surface area (Å²) < 4.78 is 26.5. The lowest BCUT2D eigenvalue weighted by atomic mass is 9.92. The Morgan fingerprint density at radius 2 is 1.58 bits per heavy atom. The van der Waals surface area contributed by atoms with Gasteiger partial charge in [0, 0.05) is 13.1 Å². The van der Waals surface area contributed by atoms with Crippen LogP contribution in [0.3, 0.4) is 0 Å². The third kappa shape index (κ3) is 6.42. The van der Waals surface area contributed by atoms with Gasteiger partial charge in [0.2, 0.25) is 15.9 Å². The highest BCUT2D eigenvalue weighted by atomic mass is 35.5. The van der Waals surface area contributed by atoms with E-state index in [2.05, 4.69) is 10.0 Å². The molecule has 2 aromatic rings. The second kappa shape index (κ2) is 9.68. The number of hydrogen-bond donors (Lipinski definition) is 3. The van der Waals surface area contributed by atoms with Crippen LogP contribution in [-0.4, -0.2) is 26.6 Å². The van der Waals surface area contributed by atoms with Crippen molar-refractivity contribution in [3.63, 3.8) is 0 Å². The highest BCUT2D eigenvalue weighted by Gasteiger charge is 2.30. The van der Waals surface area contributed by atoms with Gasteiger partial charge in [-0.2, -0.15) is 0 Å². The van der Waals surface area contributed by atoms with Crippen LogP contribution in [0.2, 0.25) is 0 Å². The van der Waals surface area contributed by atoms with E-state index >= 15 is 0 Å². The predicted octanol–water partition coefficient (Wildman–Crippen LogP) is 1.52. The van der Waals surface area contributed by atoms with Crippen LogP contribution in [0, 0.1) is 0 Å². The first-order valence-electron chi connectivity index (χ1n) is 7.95. The Morgan fingerprint density at radius 3 is 2.15 bits per heavy atom. The SMILES string of the molecule is CC(N)(C(=O)NCCS(=O)(=O)NCc1ccccc1)c1ccccc1.Cl. The normalized spacial score (nSPS) is 13.3. The lowest BCUT2D eigenvalue weighted by Gasteiger charge is -2.24. The van der Waals surface area contributed by atoms with Gasteiger partial charge in [-0.3, -0.25) is 4.79 Å². The molecule has 1 atom stereocenters. The van der Waals surface area contributed by atoms with E-state index in [0.717, 1.165) is 5.56 Å². The van der Waals surface area contributed by atoms with E-state index in [-0.39, 0.29) is 31.2 Å². The van der Waals surface area contributed by atoms with Crippen molar-refractivity contribution < 1.29 is 13.2 Å². The molecule has 1 unspecified atom stereocenters. The fourth-order valence-electron chi connectivity index (χ4n) is 2.26. The highest BCUT2D eigenvalue weighted by Crippen LogP contribution is 2.17. The van der Waals surface area contributed by atoms with Crippen molar-refractivity contribution in [3.8, 4) is 0 Å². The zero-order chi connectivity index (χ0) is 18.3. The Labute approximate surface area is 160 Å². The quantitative estimate of drug-likeness (QED) is 0.628. The van der Waals surface area contributed by atoms with E-state index in [1.807, 2.05) is 36.4 Å². The maximum absolute atomic E-state index is 12.3. The molecule has 2 aromatic carbocycles. The van der Waals surface area contributed by atoms with Gasteiger partial charge in [0.25, 0.3) is 0 Å². The molecule has 2 rings (SSSR count). The molecule has 0 bridgehead atoms. The van der Waals surface area contributed by atoms with Crippen LogP contribution in [0.15, 0.2) is 60.7 Å². The summed E-state index contributed by atoms with van der Waals surface area (Å²) in [6.07, 6.45) is 0. The van der Waals surface area contributed by atoms with E-state index in [1.165, 1.54) is 0 Å². The average molecular weight is 398 g/mol. The Morgan fingerprint density at radius 1 is 1.04 bits per heavy atom. The van der Waals surface area contributed by atoms with E-state index in [1.54, 1.807) is 31.2 Å². The van der Waals surface area contributed by atoms with Crippen LogP contribution in [0.5, 0.6) is 0 Å². The van der Waals surface area contributed by atoms with E-state index in [0.29, 0.717) is 5.56 Å². The maximum Gasteiger partial charge on any atom is 0.244 e. The first-order chi connectivity index (χ1) is 11.8. The number of amides is 1. The molecule has 0 aliphatic rings. The molecule has 4 N–H and O–H groups in total. The summed E-state index contributed by atoms with van der Waals surface area (Å²) in [5.41, 5.74) is 6.40. The molecule has 6 nitrogen and oxygen atoms in total. The standard InChI is InChI=1S/C18H23N3O3S.ClH/c1-18(19,16-10-6-3-7-11-16)17(22)20-12-13-25(23,24)21-14-15-8-4-2-5-9-15;/h2-11,21H,12-14,19H2,1H3,(H,20,22);1H. The maximum atomic E-state index is 12.3. The van der Waals surface area contributed by atoms with Crippen molar-refractivity contribution in [2.24, 2.45) is 5.73 Å². The smallest absolute Gasteiger partial charge is 0.244 e. The molecule has 0 saturated heterocycles. The zero-order valence-corrected chi connectivity index (χ0v) is 16.1. The highest BCUT2D eigenvalue weighted by molar-refractivity contribution is 7.89. The van der Waals surface area contributed by atoms with Gasteiger partial charge in [-0.25, -0.2) is 13.1 Å². The van der Waals surface area contributed by atoms with Gasteiger partial charge in [-0.05, 0) is 18.1 Å². The number of carbonyl (C=O) groups is 1. The summed E-state index contributed by atoms with van der Waals surface area (Å²) >= 11 is 0. The number of hydrogen-bond acceptors (Lipinski definition) is 4. The summed E-state index contributed by atoms with van der Waals surface area (Å²) in [4.78, 5) is 12.3. The topological polar surface area (TPSA) is 101 Å². The third-order valence-electron chi connectivity index (χ3n) is 3.84. The van der Waals surface area contributed by atoms with Gasteiger partial charge >= 0.3 is 0 Å². The molecule has 0 radical (unpaired) electrons. The number of benzene rings is 2. The molecular formula is C18H24ClN3O3S. The Hall–Kier alpha value is -1.93. The summed E-state index contributed by atoms with van der Waals surface area (Å²) in [5, 5.41) is 2.59. The number of sulfonamides is 1. The molecule has 0 spiro atoms. The van der Waals surface area contributed by atoms with Crippen LogP contribution >= 0.6 is 12.4 Å². The Bertz CT molecular complexity index is 797. The predicted molar refractivity (Wildman–Crippen MR) is 105 cm³/mol. The number of nitrogens with two attached hydrogens (primary N) is 1. The second-order valence-corrected chi connectivity index (χ2v) is 7.88. The molecule has 0 fully saturated rings. The lowest BCUT2D eigenvalue weighted by molar-refractivity contribution is -0.125. The molecule has 0 aromatic heterocycles. The molecule has 0 aliphatic heterocycles. The van der Waals surface area contributed by atoms with Crippen LogP contribution in [0.25, 0.3) is 0 Å². The van der Waals surface area contributed by atoms with Crippen LogP contribution in [-0.2, 0) is 26.9 Å². The lowest BCUT2D eigenvalue weighted by Crippen LogP contribution is -2.50. The summed E-state index contributed by atoms with van der Waals surface area (Å²) in [7, 11) is -3.49. The zero-order valence-electron chi connectivity index (χ0n) is 14.5. The van der Waals surface area contributed by atoms with E-state index in [9.17, 15) is 13.2 Å². The van der Waals surface area contributed by atoms with Crippen molar-refractivity contribution in [1.82, 2.24) is 10.0 Å². The Kier molecular flexibility index (Phi) is 8.23. The van der Waals surface area contributed by atoms with Crippen molar-refractivity contribution in [3.05, 3.63) is 71.8 Å². The number of rotatable bonds is 8. The van der Waals surface area contributed by atoms with Crippen molar-refractivity contribution in [2.45, 2.75) is 19.0 Å². The molecule has 0 aliphatic carbocycles. The minimum atomic E-state index is -3.49. The molecular weight excluding hydrogens is 374 g/mol. The molecule has 0 saturated carbocycles. The van der Waals surface area contributed by atoms with Crippen LogP contribution in [0.4, 0.5) is 0 Å². The summed E-state index contributed by atoms with van der Waals surface area (Å²) in [5.74, 6) is -0.631. The van der Waals surface area contributed by atoms with Crippen LogP contribution in [0.1, 0.15) is 18.1 Å². The average Bonchev–Trinajstić information content (AvgIpc) is 2.61. The molecule has 1 amide bonds. The van der Waals surface area contributed by atoms with Gasteiger partial charge < -0.3 is 11.1 Å².